The molecular weight excluding hydrogens is 276 g/mol. The molecule has 0 fully saturated rings. The zero-order valence-corrected chi connectivity index (χ0v) is 13.0. The van der Waals surface area contributed by atoms with E-state index in [1.807, 2.05) is 63.2 Å². The number of hydrogen-bond acceptors (Lipinski definition) is 4. The van der Waals surface area contributed by atoms with Gasteiger partial charge in [-0.3, -0.25) is 0 Å². The second-order valence-electron chi connectivity index (χ2n) is 5.38. The van der Waals surface area contributed by atoms with Crippen molar-refractivity contribution in [3.05, 3.63) is 65.0 Å². The van der Waals surface area contributed by atoms with Crippen LogP contribution in [0.25, 0.3) is 11.5 Å². The number of para-hydroxylation sites is 1. The summed E-state index contributed by atoms with van der Waals surface area (Å²) in [5.74, 6) is 1.86. The standard InChI is InChI=1S/C18H18N2O2/c1-12-7-9-15(10-8-12)18-20-19-16(22-18)11-21-17-13(2)5-4-6-14(17)3/h4-10H,11H2,1-3H3. The number of ether oxygens (including phenoxy) is 1. The van der Waals surface area contributed by atoms with Gasteiger partial charge in [0.1, 0.15) is 5.75 Å². The number of aryl methyl sites for hydroxylation is 3. The van der Waals surface area contributed by atoms with Crippen molar-refractivity contribution in [3.8, 4) is 17.2 Å². The van der Waals surface area contributed by atoms with Crippen LogP contribution >= 0.6 is 0 Å². The topological polar surface area (TPSA) is 48.2 Å². The van der Waals surface area contributed by atoms with Crippen molar-refractivity contribution in [2.24, 2.45) is 0 Å². The summed E-state index contributed by atoms with van der Waals surface area (Å²) < 4.78 is 11.5. The first kappa shape index (κ1) is 14.3. The molecule has 22 heavy (non-hydrogen) atoms. The van der Waals surface area contributed by atoms with Crippen LogP contribution in [-0.4, -0.2) is 10.2 Å². The predicted molar refractivity (Wildman–Crippen MR) is 84.7 cm³/mol. The highest BCUT2D eigenvalue weighted by atomic mass is 16.5. The molecule has 0 radical (unpaired) electrons. The normalized spacial score (nSPS) is 10.7. The fourth-order valence-electron chi connectivity index (χ4n) is 2.29. The smallest absolute Gasteiger partial charge is 0.254 e. The Bertz CT molecular complexity index is 756. The lowest BCUT2D eigenvalue weighted by Crippen LogP contribution is -1.99. The number of aromatic nitrogens is 2. The minimum atomic E-state index is 0.268. The first-order valence-corrected chi connectivity index (χ1v) is 7.22. The highest BCUT2D eigenvalue weighted by Crippen LogP contribution is 2.24. The van der Waals surface area contributed by atoms with E-state index in [1.54, 1.807) is 0 Å². The first-order valence-electron chi connectivity index (χ1n) is 7.22. The minimum absolute atomic E-state index is 0.268. The Hall–Kier alpha value is -2.62. The molecule has 3 rings (SSSR count). The average molecular weight is 294 g/mol. The highest BCUT2D eigenvalue weighted by molar-refractivity contribution is 5.52. The molecule has 0 bridgehead atoms. The summed E-state index contributed by atoms with van der Waals surface area (Å²) in [6, 6.07) is 14.0. The number of hydrogen-bond donors (Lipinski definition) is 0. The van der Waals surface area contributed by atoms with Gasteiger partial charge in [0, 0.05) is 5.56 Å². The molecule has 4 nitrogen and oxygen atoms in total. The largest absolute Gasteiger partial charge is 0.483 e. The van der Waals surface area contributed by atoms with Crippen molar-refractivity contribution in [2.75, 3.05) is 0 Å². The van der Waals surface area contributed by atoms with Gasteiger partial charge in [-0.15, -0.1) is 10.2 Å². The molecule has 0 spiro atoms. The average Bonchev–Trinajstić information content (AvgIpc) is 2.96. The van der Waals surface area contributed by atoms with Crippen LogP contribution in [0.2, 0.25) is 0 Å². The van der Waals surface area contributed by atoms with Crippen LogP contribution in [0, 0.1) is 20.8 Å². The number of nitrogens with zero attached hydrogens (tertiary/aromatic N) is 2. The molecule has 4 heteroatoms. The summed E-state index contributed by atoms with van der Waals surface area (Å²) >= 11 is 0. The third-order valence-electron chi connectivity index (χ3n) is 3.51. The fraction of sp³-hybridized carbons (Fsp3) is 0.222. The summed E-state index contributed by atoms with van der Waals surface area (Å²) in [6.07, 6.45) is 0. The summed E-state index contributed by atoms with van der Waals surface area (Å²) in [4.78, 5) is 0. The minimum Gasteiger partial charge on any atom is -0.483 e. The maximum atomic E-state index is 5.83. The lowest BCUT2D eigenvalue weighted by atomic mass is 10.1. The molecule has 0 saturated heterocycles. The molecule has 0 unspecified atom stereocenters. The van der Waals surface area contributed by atoms with E-state index in [9.17, 15) is 0 Å². The quantitative estimate of drug-likeness (QED) is 0.722. The SMILES string of the molecule is Cc1ccc(-c2nnc(COc3c(C)cccc3C)o2)cc1. The van der Waals surface area contributed by atoms with Gasteiger partial charge in [0.05, 0.1) is 0 Å². The van der Waals surface area contributed by atoms with E-state index in [0.29, 0.717) is 11.8 Å². The Labute approximate surface area is 129 Å². The lowest BCUT2D eigenvalue weighted by molar-refractivity contribution is 0.261. The van der Waals surface area contributed by atoms with Crippen LogP contribution in [0.1, 0.15) is 22.6 Å². The zero-order chi connectivity index (χ0) is 15.5. The van der Waals surface area contributed by atoms with Gasteiger partial charge in [-0.25, -0.2) is 0 Å². The Morgan fingerprint density at radius 1 is 0.909 bits per heavy atom. The van der Waals surface area contributed by atoms with Gasteiger partial charge in [0.2, 0.25) is 5.89 Å². The molecule has 112 valence electrons. The third-order valence-corrected chi connectivity index (χ3v) is 3.51. The Balaban J connectivity index is 1.73. The van der Waals surface area contributed by atoms with Gasteiger partial charge in [-0.2, -0.15) is 0 Å². The Morgan fingerprint density at radius 2 is 1.59 bits per heavy atom. The summed E-state index contributed by atoms with van der Waals surface area (Å²) in [6.45, 7) is 6.35. The monoisotopic (exact) mass is 294 g/mol. The molecule has 1 aromatic heterocycles. The molecule has 2 aromatic carbocycles. The summed E-state index contributed by atoms with van der Waals surface area (Å²) in [7, 11) is 0. The number of rotatable bonds is 4. The molecule has 0 aliphatic carbocycles. The van der Waals surface area contributed by atoms with Crippen LogP contribution in [0.15, 0.2) is 46.9 Å². The van der Waals surface area contributed by atoms with Crippen molar-refractivity contribution in [1.29, 1.82) is 0 Å². The predicted octanol–water partition coefficient (Wildman–Crippen LogP) is 4.24. The van der Waals surface area contributed by atoms with Gasteiger partial charge >= 0.3 is 0 Å². The highest BCUT2D eigenvalue weighted by Gasteiger charge is 2.10. The van der Waals surface area contributed by atoms with Crippen LogP contribution in [-0.2, 0) is 6.61 Å². The van der Waals surface area contributed by atoms with E-state index < -0.39 is 0 Å². The molecule has 0 N–H and O–H groups in total. The summed E-state index contributed by atoms with van der Waals surface area (Å²) in [5.41, 5.74) is 4.30. The van der Waals surface area contributed by atoms with E-state index in [4.69, 9.17) is 9.15 Å². The van der Waals surface area contributed by atoms with Gasteiger partial charge in [-0.1, -0.05) is 35.9 Å². The number of benzene rings is 2. The van der Waals surface area contributed by atoms with Crippen LogP contribution in [0.4, 0.5) is 0 Å². The second-order valence-corrected chi connectivity index (χ2v) is 5.38. The van der Waals surface area contributed by atoms with Gasteiger partial charge in [0.15, 0.2) is 6.61 Å². The van der Waals surface area contributed by atoms with Gasteiger partial charge in [-0.05, 0) is 44.0 Å². The molecule has 0 aliphatic rings. The van der Waals surface area contributed by atoms with E-state index in [2.05, 4.69) is 10.2 Å². The molecule has 0 atom stereocenters. The van der Waals surface area contributed by atoms with Gasteiger partial charge in [0.25, 0.3) is 5.89 Å². The molecular formula is C18H18N2O2. The maximum Gasteiger partial charge on any atom is 0.254 e. The first-order chi connectivity index (χ1) is 10.6. The van der Waals surface area contributed by atoms with E-state index >= 15 is 0 Å². The van der Waals surface area contributed by atoms with E-state index in [0.717, 1.165) is 22.4 Å². The molecule has 0 aliphatic heterocycles. The Kier molecular flexibility index (Phi) is 3.92. The van der Waals surface area contributed by atoms with E-state index in [-0.39, 0.29) is 6.61 Å². The lowest BCUT2D eigenvalue weighted by Gasteiger charge is -2.09. The van der Waals surface area contributed by atoms with Crippen LogP contribution in [0.5, 0.6) is 5.75 Å². The van der Waals surface area contributed by atoms with E-state index in [1.165, 1.54) is 5.56 Å². The zero-order valence-electron chi connectivity index (χ0n) is 13.0. The molecule has 1 heterocycles. The van der Waals surface area contributed by atoms with Crippen molar-refractivity contribution < 1.29 is 9.15 Å². The summed E-state index contributed by atoms with van der Waals surface area (Å²) in [5, 5.41) is 8.12. The fourth-order valence-corrected chi connectivity index (χ4v) is 2.29. The van der Waals surface area contributed by atoms with Gasteiger partial charge < -0.3 is 9.15 Å². The van der Waals surface area contributed by atoms with Crippen molar-refractivity contribution >= 4 is 0 Å². The molecule has 0 saturated carbocycles. The molecule has 0 amide bonds. The van der Waals surface area contributed by atoms with Crippen LogP contribution < -0.4 is 4.74 Å². The van der Waals surface area contributed by atoms with Crippen molar-refractivity contribution in [1.82, 2.24) is 10.2 Å². The van der Waals surface area contributed by atoms with Crippen LogP contribution in [0.3, 0.4) is 0 Å². The van der Waals surface area contributed by atoms with Crippen molar-refractivity contribution in [3.63, 3.8) is 0 Å². The Morgan fingerprint density at radius 3 is 2.27 bits per heavy atom. The maximum absolute atomic E-state index is 5.83. The van der Waals surface area contributed by atoms with Crippen molar-refractivity contribution in [2.45, 2.75) is 27.4 Å². The third kappa shape index (κ3) is 3.01. The second kappa shape index (κ2) is 6.02. The molecule has 3 aromatic rings.